The Morgan fingerprint density at radius 1 is 1.35 bits per heavy atom. The van der Waals surface area contributed by atoms with E-state index in [1.165, 1.54) is 0 Å². The number of nitrogens with zero attached hydrogens (tertiary/aromatic N) is 1. The van der Waals surface area contributed by atoms with Gasteiger partial charge in [-0.2, -0.15) is 0 Å². The maximum atomic E-state index is 11.4. The number of carbonyl (C=O) groups excluding carboxylic acids is 2. The van der Waals surface area contributed by atoms with Gasteiger partial charge in [0.05, 0.1) is 6.54 Å². The van der Waals surface area contributed by atoms with E-state index >= 15 is 0 Å². The predicted octanol–water partition coefficient (Wildman–Crippen LogP) is 1.98. The van der Waals surface area contributed by atoms with Gasteiger partial charge >= 0.3 is 6.03 Å². The Morgan fingerprint density at radius 2 is 1.94 bits per heavy atom. The maximum absolute atomic E-state index is 11.4. The number of hydrogen-bond donors (Lipinski definition) is 1. The van der Waals surface area contributed by atoms with E-state index in [0.29, 0.717) is 0 Å². The molecular formula is C12H13ClN2O2. The zero-order valence-electron chi connectivity index (χ0n) is 9.23. The van der Waals surface area contributed by atoms with Crippen molar-refractivity contribution in [2.24, 2.45) is 5.73 Å². The van der Waals surface area contributed by atoms with Crippen LogP contribution < -0.4 is 5.73 Å². The van der Waals surface area contributed by atoms with Crippen LogP contribution in [0.4, 0.5) is 4.79 Å². The Hall–Kier alpha value is -1.81. The molecule has 1 aromatic carbocycles. The molecule has 0 aromatic heterocycles. The van der Waals surface area contributed by atoms with Crippen LogP contribution in [0.15, 0.2) is 30.8 Å². The number of imide groups is 1. The number of urea groups is 1. The molecule has 1 aromatic rings. The third-order valence-electron chi connectivity index (χ3n) is 2.24. The topological polar surface area (TPSA) is 63.4 Å². The molecule has 0 unspecified atom stereocenters. The lowest BCUT2D eigenvalue weighted by molar-refractivity contribution is -0.125. The first-order valence-electron chi connectivity index (χ1n) is 4.95. The molecule has 0 aliphatic rings. The summed E-state index contributed by atoms with van der Waals surface area (Å²) in [6.07, 6.45) is 1.71. The van der Waals surface area contributed by atoms with Crippen LogP contribution in [-0.2, 0) is 11.3 Å². The van der Waals surface area contributed by atoms with E-state index in [-0.39, 0.29) is 12.4 Å². The highest BCUT2D eigenvalue weighted by Gasteiger charge is 2.17. The highest BCUT2D eigenvalue weighted by Crippen LogP contribution is 2.09. The molecular weight excluding hydrogens is 240 g/mol. The molecule has 5 heteroatoms. The minimum Gasteiger partial charge on any atom is -0.351 e. The molecule has 0 spiro atoms. The Kier molecular flexibility index (Phi) is 4.72. The first-order chi connectivity index (χ1) is 8.08. The van der Waals surface area contributed by atoms with Gasteiger partial charge in [-0.1, -0.05) is 36.9 Å². The van der Waals surface area contributed by atoms with Gasteiger partial charge in [-0.3, -0.25) is 9.69 Å². The molecule has 0 bridgehead atoms. The molecule has 0 fully saturated rings. The van der Waals surface area contributed by atoms with Gasteiger partial charge in [0.25, 0.3) is 0 Å². The van der Waals surface area contributed by atoms with Gasteiger partial charge in [0, 0.05) is 0 Å². The number of hydrogen-bond acceptors (Lipinski definition) is 2. The van der Waals surface area contributed by atoms with Gasteiger partial charge in [-0.25, -0.2) is 4.79 Å². The van der Waals surface area contributed by atoms with E-state index in [1.54, 1.807) is 18.2 Å². The lowest BCUT2D eigenvalue weighted by Gasteiger charge is -2.17. The van der Waals surface area contributed by atoms with Crippen LogP contribution in [0.5, 0.6) is 0 Å². The van der Waals surface area contributed by atoms with Crippen molar-refractivity contribution < 1.29 is 9.59 Å². The molecule has 0 aliphatic carbocycles. The average molecular weight is 253 g/mol. The van der Waals surface area contributed by atoms with Crippen molar-refractivity contribution in [3.8, 4) is 0 Å². The summed E-state index contributed by atoms with van der Waals surface area (Å²) in [5, 5.41) is 0. The molecule has 1 rings (SSSR count). The first-order valence-corrected chi connectivity index (χ1v) is 5.49. The number of benzene rings is 1. The van der Waals surface area contributed by atoms with Crippen LogP contribution in [0.1, 0.15) is 11.1 Å². The molecule has 90 valence electrons. The van der Waals surface area contributed by atoms with E-state index in [9.17, 15) is 9.59 Å². The Labute approximate surface area is 105 Å². The van der Waals surface area contributed by atoms with Gasteiger partial charge < -0.3 is 5.73 Å². The Balaban J connectivity index is 2.82. The SMILES string of the molecule is C=Cc1ccc(CN(C(N)=O)C(=O)CCl)cc1. The third-order valence-corrected chi connectivity index (χ3v) is 2.47. The minimum atomic E-state index is -0.802. The predicted molar refractivity (Wildman–Crippen MR) is 67.4 cm³/mol. The van der Waals surface area contributed by atoms with Crippen LogP contribution in [0.3, 0.4) is 0 Å². The zero-order valence-corrected chi connectivity index (χ0v) is 9.98. The first kappa shape index (κ1) is 13.3. The van der Waals surface area contributed by atoms with Crippen molar-refractivity contribution >= 4 is 29.6 Å². The van der Waals surface area contributed by atoms with Crippen molar-refractivity contribution in [1.29, 1.82) is 0 Å². The van der Waals surface area contributed by atoms with Crippen molar-refractivity contribution in [3.05, 3.63) is 42.0 Å². The fraction of sp³-hybridized carbons (Fsp3) is 0.167. The molecule has 0 aliphatic heterocycles. The van der Waals surface area contributed by atoms with Gasteiger partial charge in [-0.15, -0.1) is 11.6 Å². The number of nitrogens with two attached hydrogens (primary N) is 1. The van der Waals surface area contributed by atoms with Gasteiger partial charge in [0.15, 0.2) is 0 Å². The normalized spacial score (nSPS) is 9.71. The van der Waals surface area contributed by atoms with Crippen molar-refractivity contribution in [3.63, 3.8) is 0 Å². The van der Waals surface area contributed by atoms with Crippen molar-refractivity contribution in [2.45, 2.75) is 6.54 Å². The lowest BCUT2D eigenvalue weighted by Crippen LogP contribution is -2.40. The standard InChI is InChI=1S/C12H13ClN2O2/c1-2-9-3-5-10(6-4-9)8-15(12(14)17)11(16)7-13/h2-6H,1,7-8H2,(H2,14,17). The monoisotopic (exact) mass is 252 g/mol. The summed E-state index contributed by atoms with van der Waals surface area (Å²) in [6.45, 7) is 3.76. The summed E-state index contributed by atoms with van der Waals surface area (Å²) < 4.78 is 0. The fourth-order valence-corrected chi connectivity index (χ4v) is 1.45. The number of rotatable bonds is 4. The molecule has 17 heavy (non-hydrogen) atoms. The molecule has 3 amide bonds. The number of primary amides is 1. The van der Waals surface area contributed by atoms with Crippen molar-refractivity contribution in [1.82, 2.24) is 4.90 Å². The van der Waals surface area contributed by atoms with Gasteiger partial charge in [0.1, 0.15) is 5.88 Å². The largest absolute Gasteiger partial charge is 0.351 e. The van der Waals surface area contributed by atoms with Gasteiger partial charge in [0.2, 0.25) is 5.91 Å². The summed E-state index contributed by atoms with van der Waals surface area (Å²) in [5.74, 6) is -0.778. The van der Waals surface area contributed by atoms with E-state index in [1.807, 2.05) is 12.1 Å². The molecule has 2 N–H and O–H groups in total. The maximum Gasteiger partial charge on any atom is 0.321 e. The van der Waals surface area contributed by atoms with Crippen LogP contribution in [-0.4, -0.2) is 22.7 Å². The average Bonchev–Trinajstić information content (AvgIpc) is 2.35. The second kappa shape index (κ2) is 6.06. The minimum absolute atomic E-state index is 0.123. The molecule has 0 saturated heterocycles. The second-order valence-corrected chi connectivity index (χ2v) is 3.66. The van der Waals surface area contributed by atoms with Crippen LogP contribution in [0.25, 0.3) is 6.08 Å². The third kappa shape index (κ3) is 3.60. The molecule has 4 nitrogen and oxygen atoms in total. The van der Waals surface area contributed by atoms with E-state index in [2.05, 4.69) is 6.58 Å². The summed E-state index contributed by atoms with van der Waals surface area (Å²) in [5.41, 5.74) is 6.87. The second-order valence-electron chi connectivity index (χ2n) is 3.40. The fourth-order valence-electron chi connectivity index (χ4n) is 1.30. The smallest absolute Gasteiger partial charge is 0.321 e. The summed E-state index contributed by atoms with van der Waals surface area (Å²) in [6, 6.07) is 6.48. The summed E-state index contributed by atoms with van der Waals surface area (Å²) in [4.78, 5) is 23.4. The Bertz CT molecular complexity index is 429. The van der Waals surface area contributed by atoms with Crippen molar-refractivity contribution in [2.75, 3.05) is 5.88 Å². The number of halogens is 1. The zero-order chi connectivity index (χ0) is 12.8. The molecule has 0 saturated carbocycles. The van der Waals surface area contributed by atoms with Crippen LogP contribution >= 0.6 is 11.6 Å². The van der Waals surface area contributed by atoms with Crippen LogP contribution in [0, 0.1) is 0 Å². The van der Waals surface area contributed by atoms with E-state index in [0.717, 1.165) is 16.0 Å². The van der Waals surface area contributed by atoms with E-state index < -0.39 is 11.9 Å². The number of alkyl halides is 1. The highest BCUT2D eigenvalue weighted by atomic mass is 35.5. The lowest BCUT2D eigenvalue weighted by atomic mass is 10.1. The summed E-state index contributed by atoms with van der Waals surface area (Å²) >= 11 is 5.39. The molecule has 0 heterocycles. The number of carbonyl (C=O) groups is 2. The Morgan fingerprint density at radius 3 is 2.35 bits per heavy atom. The van der Waals surface area contributed by atoms with Crippen LogP contribution in [0.2, 0.25) is 0 Å². The highest BCUT2D eigenvalue weighted by molar-refractivity contribution is 6.28. The van der Waals surface area contributed by atoms with E-state index in [4.69, 9.17) is 17.3 Å². The van der Waals surface area contributed by atoms with Gasteiger partial charge in [-0.05, 0) is 11.1 Å². The quantitative estimate of drug-likeness (QED) is 0.833. The summed E-state index contributed by atoms with van der Waals surface area (Å²) in [7, 11) is 0. The molecule has 0 radical (unpaired) electrons. The molecule has 0 atom stereocenters. The number of amides is 3.